The van der Waals surface area contributed by atoms with Gasteiger partial charge in [-0.3, -0.25) is 0 Å². The maximum Gasteiger partial charge on any atom is 0.338 e. The summed E-state index contributed by atoms with van der Waals surface area (Å²) >= 11 is 0. The third-order valence-corrected chi connectivity index (χ3v) is 9.67. The Morgan fingerprint density at radius 3 is 1.26 bits per heavy atom. The van der Waals surface area contributed by atoms with Gasteiger partial charge >= 0.3 is 11.9 Å². The first-order chi connectivity index (χ1) is 22.6. The molecule has 4 rings (SSSR count). The summed E-state index contributed by atoms with van der Waals surface area (Å²) in [5.41, 5.74) is 5.88. The third kappa shape index (κ3) is 11.5. The molecule has 6 heteroatoms. The standard InChI is InChI=1S/C40H56N2O4/c1-3-5-7-15-21-37(41-45-39(43)35-17-11-9-12-18-35)33-27-23-31(24-28-33)32-25-29-34(30-26-32)38(22-16-8-6-4-2)42-46-40(44)36-19-13-10-14-20-36/h23-30,35-36H,3-22H2,1-2H3. The fourth-order valence-corrected chi connectivity index (χ4v) is 6.66. The van der Waals surface area contributed by atoms with E-state index in [-0.39, 0.29) is 23.8 Å². The van der Waals surface area contributed by atoms with E-state index in [9.17, 15) is 9.59 Å². The number of hydrogen-bond donors (Lipinski definition) is 0. The minimum absolute atomic E-state index is 0.0185. The van der Waals surface area contributed by atoms with Crippen molar-refractivity contribution in [3.8, 4) is 11.1 Å². The summed E-state index contributed by atoms with van der Waals surface area (Å²) in [6, 6.07) is 16.8. The lowest BCUT2D eigenvalue weighted by molar-refractivity contribution is -0.150. The third-order valence-electron chi connectivity index (χ3n) is 9.67. The first-order valence-electron chi connectivity index (χ1n) is 18.4. The van der Waals surface area contributed by atoms with Crippen LogP contribution in [0.5, 0.6) is 0 Å². The van der Waals surface area contributed by atoms with Gasteiger partial charge in [-0.05, 0) is 73.6 Å². The maximum absolute atomic E-state index is 12.7. The van der Waals surface area contributed by atoms with Crippen molar-refractivity contribution in [2.45, 2.75) is 142 Å². The molecule has 0 bridgehead atoms. The van der Waals surface area contributed by atoms with Crippen molar-refractivity contribution < 1.29 is 19.3 Å². The van der Waals surface area contributed by atoms with Crippen LogP contribution in [0.1, 0.15) is 153 Å². The van der Waals surface area contributed by atoms with Gasteiger partial charge in [0.05, 0.1) is 23.3 Å². The average molecular weight is 629 g/mol. The number of rotatable bonds is 17. The lowest BCUT2D eigenvalue weighted by Gasteiger charge is -2.18. The molecule has 6 nitrogen and oxygen atoms in total. The highest BCUT2D eigenvalue weighted by atomic mass is 16.7. The van der Waals surface area contributed by atoms with Gasteiger partial charge in [0, 0.05) is 0 Å². The van der Waals surface area contributed by atoms with Gasteiger partial charge in [0.2, 0.25) is 0 Å². The molecule has 2 fully saturated rings. The average Bonchev–Trinajstić information content (AvgIpc) is 3.11. The van der Waals surface area contributed by atoms with E-state index in [1.165, 1.54) is 38.5 Å². The molecule has 2 aromatic carbocycles. The second-order valence-electron chi connectivity index (χ2n) is 13.3. The molecule has 0 heterocycles. The lowest BCUT2D eigenvalue weighted by atomic mass is 9.89. The zero-order valence-corrected chi connectivity index (χ0v) is 28.4. The van der Waals surface area contributed by atoms with Crippen molar-refractivity contribution in [2.75, 3.05) is 0 Å². The summed E-state index contributed by atoms with van der Waals surface area (Å²) < 4.78 is 0. The molecule has 0 atom stereocenters. The Hall–Kier alpha value is -3.28. The molecule has 0 aromatic heterocycles. The Balaban J connectivity index is 1.44. The normalized spacial score (nSPS) is 16.7. The Labute approximate surface area is 277 Å². The molecule has 0 spiro atoms. The first-order valence-corrected chi connectivity index (χ1v) is 18.4. The van der Waals surface area contributed by atoms with Gasteiger partial charge in [0.25, 0.3) is 0 Å². The molecule has 0 N–H and O–H groups in total. The van der Waals surface area contributed by atoms with Crippen molar-refractivity contribution in [1.29, 1.82) is 0 Å². The topological polar surface area (TPSA) is 77.3 Å². The Morgan fingerprint density at radius 1 is 0.543 bits per heavy atom. The Kier molecular flexibility index (Phi) is 15.5. The van der Waals surface area contributed by atoms with Crippen LogP contribution >= 0.6 is 0 Å². The van der Waals surface area contributed by atoms with E-state index in [1.807, 2.05) is 0 Å². The van der Waals surface area contributed by atoms with Crippen LogP contribution in [0.4, 0.5) is 0 Å². The number of unbranched alkanes of at least 4 members (excludes halogenated alkanes) is 6. The number of carbonyl (C=O) groups excluding carboxylic acids is 2. The summed E-state index contributed by atoms with van der Waals surface area (Å²) in [4.78, 5) is 36.4. The monoisotopic (exact) mass is 628 g/mol. The minimum atomic E-state index is -0.181. The van der Waals surface area contributed by atoms with Crippen LogP contribution in [-0.2, 0) is 19.3 Å². The molecule has 0 saturated heterocycles. The zero-order chi connectivity index (χ0) is 32.4. The van der Waals surface area contributed by atoms with E-state index in [1.54, 1.807) is 0 Å². The first kappa shape index (κ1) is 35.6. The summed E-state index contributed by atoms with van der Waals surface area (Å²) in [6.45, 7) is 4.42. The van der Waals surface area contributed by atoms with Gasteiger partial charge < -0.3 is 9.68 Å². The molecule has 0 unspecified atom stereocenters. The number of nitrogens with zero attached hydrogens (tertiary/aromatic N) is 2. The second kappa shape index (κ2) is 20.1. The van der Waals surface area contributed by atoms with Crippen molar-refractivity contribution in [3.63, 3.8) is 0 Å². The van der Waals surface area contributed by atoms with Crippen LogP contribution in [0.15, 0.2) is 58.8 Å². The van der Waals surface area contributed by atoms with E-state index in [0.29, 0.717) is 0 Å². The van der Waals surface area contributed by atoms with E-state index in [4.69, 9.17) is 9.68 Å². The fraction of sp³-hybridized carbons (Fsp3) is 0.600. The van der Waals surface area contributed by atoms with Crippen LogP contribution < -0.4 is 0 Å². The van der Waals surface area contributed by atoms with Crippen LogP contribution in [0.2, 0.25) is 0 Å². The van der Waals surface area contributed by atoms with Gasteiger partial charge in [-0.15, -0.1) is 0 Å². The Morgan fingerprint density at radius 2 is 0.913 bits per heavy atom. The van der Waals surface area contributed by atoms with Crippen molar-refractivity contribution in [1.82, 2.24) is 0 Å². The number of benzene rings is 2. The molecule has 2 aromatic rings. The zero-order valence-electron chi connectivity index (χ0n) is 28.4. The van der Waals surface area contributed by atoms with E-state index in [0.717, 1.165) is 124 Å². The predicted octanol–water partition coefficient (Wildman–Crippen LogP) is 10.9. The number of hydrogen-bond acceptors (Lipinski definition) is 6. The van der Waals surface area contributed by atoms with Gasteiger partial charge in [0.1, 0.15) is 0 Å². The van der Waals surface area contributed by atoms with Gasteiger partial charge in [-0.2, -0.15) is 0 Å². The highest BCUT2D eigenvalue weighted by Gasteiger charge is 2.24. The molecule has 0 amide bonds. The molecule has 2 saturated carbocycles. The van der Waals surface area contributed by atoms with Crippen molar-refractivity contribution >= 4 is 23.4 Å². The van der Waals surface area contributed by atoms with Gasteiger partial charge in [-0.25, -0.2) is 9.59 Å². The predicted molar refractivity (Wildman–Crippen MR) is 188 cm³/mol. The van der Waals surface area contributed by atoms with Crippen molar-refractivity contribution in [2.24, 2.45) is 22.1 Å². The molecule has 2 aliphatic rings. The quantitative estimate of drug-likeness (QED) is 0.0756. The second-order valence-corrected chi connectivity index (χ2v) is 13.3. The van der Waals surface area contributed by atoms with E-state index >= 15 is 0 Å². The van der Waals surface area contributed by atoms with Crippen LogP contribution in [-0.4, -0.2) is 23.4 Å². The van der Waals surface area contributed by atoms with Gasteiger partial charge in [0.15, 0.2) is 0 Å². The maximum atomic E-state index is 12.7. The fourth-order valence-electron chi connectivity index (χ4n) is 6.66. The molecule has 250 valence electrons. The number of carbonyl (C=O) groups is 2. The molecular formula is C40H56N2O4. The molecule has 0 radical (unpaired) electrons. The van der Waals surface area contributed by atoms with Crippen LogP contribution in [0, 0.1) is 11.8 Å². The molecular weight excluding hydrogens is 572 g/mol. The largest absolute Gasteiger partial charge is 0.338 e. The SMILES string of the molecule is CCCCCCC(=NOC(=O)C1CCCCC1)c1ccc(-c2ccc(C(CCCCCC)=NOC(=O)C3CCCCC3)cc2)cc1. The van der Waals surface area contributed by atoms with Crippen LogP contribution in [0.3, 0.4) is 0 Å². The van der Waals surface area contributed by atoms with Gasteiger partial charge in [-0.1, -0.05) is 150 Å². The van der Waals surface area contributed by atoms with E-state index in [2.05, 4.69) is 72.7 Å². The lowest BCUT2D eigenvalue weighted by Crippen LogP contribution is -2.19. The summed E-state index contributed by atoms with van der Waals surface area (Å²) in [7, 11) is 0. The summed E-state index contributed by atoms with van der Waals surface area (Å²) in [5.74, 6) is -0.399. The highest BCUT2D eigenvalue weighted by molar-refractivity contribution is 6.02. The van der Waals surface area contributed by atoms with Crippen LogP contribution in [0.25, 0.3) is 11.1 Å². The minimum Gasteiger partial charge on any atom is -0.318 e. The van der Waals surface area contributed by atoms with Crippen molar-refractivity contribution in [3.05, 3.63) is 59.7 Å². The van der Waals surface area contributed by atoms with E-state index < -0.39 is 0 Å². The molecule has 46 heavy (non-hydrogen) atoms. The molecule has 2 aliphatic carbocycles. The summed E-state index contributed by atoms with van der Waals surface area (Å²) in [5, 5.41) is 8.83. The molecule has 0 aliphatic heterocycles. The number of oxime groups is 2. The summed E-state index contributed by atoms with van der Waals surface area (Å²) in [6.07, 6.45) is 21.1. The highest BCUT2D eigenvalue weighted by Crippen LogP contribution is 2.27. The Bertz CT molecular complexity index is 1150. The smallest absolute Gasteiger partial charge is 0.318 e.